The Labute approximate surface area is 159 Å². The van der Waals surface area contributed by atoms with Crippen molar-refractivity contribution >= 4 is 17.9 Å². The molecular formula is C21H25N3O3. The smallest absolute Gasteiger partial charge is 0.339 e. The van der Waals surface area contributed by atoms with Gasteiger partial charge in [0.15, 0.2) is 11.5 Å². The summed E-state index contributed by atoms with van der Waals surface area (Å²) >= 11 is 0. The predicted octanol–water partition coefficient (Wildman–Crippen LogP) is 4.29. The highest BCUT2D eigenvalue weighted by Crippen LogP contribution is 2.31. The summed E-state index contributed by atoms with van der Waals surface area (Å²) in [4.78, 5) is 12.0. The molecule has 0 aromatic heterocycles. The molecule has 0 unspecified atom stereocenters. The lowest BCUT2D eigenvalue weighted by Gasteiger charge is -2.11. The van der Waals surface area contributed by atoms with E-state index in [9.17, 15) is 9.90 Å². The third kappa shape index (κ3) is 5.60. The Morgan fingerprint density at radius 1 is 1.26 bits per heavy atom. The number of phenols is 1. The molecule has 2 amide bonds. The molecule has 0 radical (unpaired) electrons. The molecule has 0 saturated heterocycles. The molecule has 0 aliphatic carbocycles. The van der Waals surface area contributed by atoms with Crippen LogP contribution < -0.4 is 15.5 Å². The monoisotopic (exact) mass is 367 g/mol. The third-order valence-corrected chi connectivity index (χ3v) is 3.98. The van der Waals surface area contributed by atoms with Gasteiger partial charge in [0.25, 0.3) is 0 Å². The lowest BCUT2D eigenvalue weighted by atomic mass is 10.1. The average Bonchev–Trinajstić information content (AvgIpc) is 2.62. The van der Waals surface area contributed by atoms with E-state index in [1.165, 1.54) is 6.21 Å². The van der Waals surface area contributed by atoms with Gasteiger partial charge in [-0.15, -0.1) is 6.58 Å². The molecule has 0 heterocycles. The van der Waals surface area contributed by atoms with Crippen molar-refractivity contribution in [3.63, 3.8) is 0 Å². The van der Waals surface area contributed by atoms with Crippen LogP contribution in [0.2, 0.25) is 0 Å². The van der Waals surface area contributed by atoms with E-state index >= 15 is 0 Å². The van der Waals surface area contributed by atoms with Crippen LogP contribution in [0.25, 0.3) is 0 Å². The summed E-state index contributed by atoms with van der Waals surface area (Å²) in [5.74, 6) is 0.465. The van der Waals surface area contributed by atoms with Gasteiger partial charge in [0.2, 0.25) is 0 Å². The summed E-state index contributed by atoms with van der Waals surface area (Å²) in [6.45, 7) is 9.95. The number of benzene rings is 2. The van der Waals surface area contributed by atoms with E-state index in [0.29, 0.717) is 35.6 Å². The van der Waals surface area contributed by atoms with Gasteiger partial charge in [-0.1, -0.05) is 12.1 Å². The SMILES string of the molecule is C=CCc1cc(/C=N/NC(=O)Nc2ccc(C)c(C)c2)cc(OCC)c1O. The van der Waals surface area contributed by atoms with Gasteiger partial charge in [-0.3, -0.25) is 0 Å². The fourth-order valence-electron chi connectivity index (χ4n) is 2.48. The molecule has 6 heteroatoms. The van der Waals surface area contributed by atoms with Gasteiger partial charge in [0.05, 0.1) is 12.8 Å². The number of amides is 2. The zero-order valence-electron chi connectivity index (χ0n) is 15.9. The Morgan fingerprint density at radius 3 is 2.70 bits per heavy atom. The lowest BCUT2D eigenvalue weighted by molar-refractivity contribution is 0.252. The number of anilines is 1. The summed E-state index contributed by atoms with van der Waals surface area (Å²) in [5, 5.41) is 16.9. The van der Waals surface area contributed by atoms with Crippen LogP contribution in [-0.2, 0) is 6.42 Å². The van der Waals surface area contributed by atoms with Crippen LogP contribution in [0.3, 0.4) is 0 Å². The summed E-state index contributed by atoms with van der Waals surface area (Å²) < 4.78 is 5.45. The summed E-state index contributed by atoms with van der Waals surface area (Å²) in [5.41, 5.74) is 6.75. The first-order chi connectivity index (χ1) is 12.9. The van der Waals surface area contributed by atoms with Gasteiger partial charge >= 0.3 is 6.03 Å². The topological polar surface area (TPSA) is 83.0 Å². The molecule has 0 fully saturated rings. The number of hydrogen-bond donors (Lipinski definition) is 3. The third-order valence-electron chi connectivity index (χ3n) is 3.98. The highest BCUT2D eigenvalue weighted by molar-refractivity contribution is 5.90. The number of carbonyl (C=O) groups is 1. The predicted molar refractivity (Wildman–Crippen MR) is 109 cm³/mol. The maximum atomic E-state index is 12.0. The number of hydrazone groups is 1. The average molecular weight is 367 g/mol. The number of allylic oxidation sites excluding steroid dienone is 1. The number of hydrogen-bond acceptors (Lipinski definition) is 4. The largest absolute Gasteiger partial charge is 0.504 e. The van der Waals surface area contributed by atoms with E-state index in [4.69, 9.17) is 4.74 Å². The second-order valence-corrected chi connectivity index (χ2v) is 6.08. The number of nitrogens with zero attached hydrogens (tertiary/aromatic N) is 1. The number of ether oxygens (including phenoxy) is 1. The van der Waals surface area contributed by atoms with Gasteiger partial charge in [-0.2, -0.15) is 5.10 Å². The quantitative estimate of drug-likeness (QED) is 0.388. The number of rotatable bonds is 7. The maximum Gasteiger partial charge on any atom is 0.339 e. The molecule has 0 saturated carbocycles. The number of urea groups is 1. The zero-order chi connectivity index (χ0) is 19.8. The van der Waals surface area contributed by atoms with Crippen LogP contribution in [0.5, 0.6) is 11.5 Å². The molecule has 0 atom stereocenters. The van der Waals surface area contributed by atoms with E-state index < -0.39 is 6.03 Å². The maximum absolute atomic E-state index is 12.0. The van der Waals surface area contributed by atoms with Gasteiger partial charge in [-0.05, 0) is 68.1 Å². The Hall–Kier alpha value is -3.28. The standard InChI is InChI=1S/C21H25N3O3/c1-5-7-17-11-16(12-19(20(17)25)27-6-2)13-22-24-21(26)23-18-9-8-14(3)15(4)10-18/h5,8-13,25H,1,6-7H2,2-4H3,(H2,23,24,26)/b22-13+. The van der Waals surface area contributed by atoms with E-state index in [2.05, 4.69) is 22.4 Å². The first kappa shape index (κ1) is 20.0. The van der Waals surface area contributed by atoms with Crippen molar-refractivity contribution in [1.82, 2.24) is 5.43 Å². The Kier molecular flexibility index (Phi) is 7.00. The fourth-order valence-corrected chi connectivity index (χ4v) is 2.48. The molecule has 6 nitrogen and oxygen atoms in total. The number of phenolic OH excluding ortho intramolecular Hbond substituents is 1. The Bertz CT molecular complexity index is 860. The number of carbonyl (C=O) groups excluding carboxylic acids is 1. The Morgan fingerprint density at radius 2 is 2.04 bits per heavy atom. The lowest BCUT2D eigenvalue weighted by Crippen LogP contribution is -2.24. The van der Waals surface area contributed by atoms with Crippen molar-refractivity contribution in [2.24, 2.45) is 5.10 Å². The molecule has 2 aromatic carbocycles. The Balaban J connectivity index is 2.06. The normalized spacial score (nSPS) is 10.6. The van der Waals surface area contributed by atoms with Gasteiger partial charge in [-0.25, -0.2) is 10.2 Å². The number of nitrogens with one attached hydrogen (secondary N) is 2. The molecule has 3 N–H and O–H groups in total. The fraction of sp³-hybridized carbons (Fsp3) is 0.238. The molecule has 2 aromatic rings. The minimum absolute atomic E-state index is 0.0920. The number of aryl methyl sites for hydroxylation is 2. The molecule has 142 valence electrons. The molecule has 27 heavy (non-hydrogen) atoms. The summed E-state index contributed by atoms with van der Waals surface area (Å²) in [6, 6.07) is 8.67. The molecule has 2 rings (SSSR count). The molecular weight excluding hydrogens is 342 g/mol. The minimum Gasteiger partial charge on any atom is -0.504 e. The zero-order valence-corrected chi connectivity index (χ0v) is 15.9. The van der Waals surface area contributed by atoms with Crippen molar-refractivity contribution < 1.29 is 14.6 Å². The highest BCUT2D eigenvalue weighted by atomic mass is 16.5. The van der Waals surface area contributed by atoms with Crippen LogP contribution >= 0.6 is 0 Å². The second-order valence-electron chi connectivity index (χ2n) is 6.08. The van der Waals surface area contributed by atoms with Crippen molar-refractivity contribution in [3.8, 4) is 11.5 Å². The van der Waals surface area contributed by atoms with Gasteiger partial charge in [0, 0.05) is 11.3 Å². The van der Waals surface area contributed by atoms with Gasteiger partial charge in [0.1, 0.15) is 0 Å². The van der Waals surface area contributed by atoms with Crippen LogP contribution in [0.4, 0.5) is 10.5 Å². The van der Waals surface area contributed by atoms with Crippen LogP contribution in [0.1, 0.15) is 29.2 Å². The molecule has 0 aliphatic heterocycles. The van der Waals surface area contributed by atoms with Crippen LogP contribution in [-0.4, -0.2) is 24.0 Å². The van der Waals surface area contributed by atoms with Crippen LogP contribution in [0.15, 0.2) is 48.1 Å². The number of aromatic hydroxyl groups is 1. The van der Waals surface area contributed by atoms with E-state index in [-0.39, 0.29) is 5.75 Å². The molecule has 0 aliphatic rings. The van der Waals surface area contributed by atoms with Crippen molar-refractivity contribution in [3.05, 3.63) is 65.2 Å². The molecule has 0 bridgehead atoms. The summed E-state index contributed by atoms with van der Waals surface area (Å²) in [7, 11) is 0. The highest BCUT2D eigenvalue weighted by Gasteiger charge is 2.09. The van der Waals surface area contributed by atoms with Crippen molar-refractivity contribution in [2.45, 2.75) is 27.2 Å². The van der Waals surface area contributed by atoms with Gasteiger partial charge < -0.3 is 15.2 Å². The minimum atomic E-state index is -0.440. The second kappa shape index (κ2) is 9.43. The van der Waals surface area contributed by atoms with Crippen molar-refractivity contribution in [1.29, 1.82) is 0 Å². The first-order valence-electron chi connectivity index (χ1n) is 8.71. The van der Waals surface area contributed by atoms with E-state index in [1.54, 1.807) is 18.2 Å². The van der Waals surface area contributed by atoms with E-state index in [1.807, 2.05) is 39.0 Å². The van der Waals surface area contributed by atoms with Crippen molar-refractivity contribution in [2.75, 3.05) is 11.9 Å². The first-order valence-corrected chi connectivity index (χ1v) is 8.71. The molecule has 0 spiro atoms. The summed E-state index contributed by atoms with van der Waals surface area (Å²) in [6.07, 6.45) is 3.68. The van der Waals surface area contributed by atoms with E-state index in [0.717, 1.165) is 11.1 Å². The van der Waals surface area contributed by atoms with Crippen LogP contribution in [0, 0.1) is 13.8 Å².